The van der Waals surface area contributed by atoms with Crippen LogP contribution in [0.5, 0.6) is 0 Å². The number of rotatable bonds is 7. The average Bonchev–Trinajstić information content (AvgIpc) is 1.97. The topological polar surface area (TPSA) is 104 Å². The van der Waals surface area contributed by atoms with Crippen molar-refractivity contribution in [1.82, 2.24) is 4.90 Å². The van der Waals surface area contributed by atoms with Crippen molar-refractivity contribution in [3.05, 3.63) is 0 Å². The molecule has 0 aliphatic heterocycles. The summed E-state index contributed by atoms with van der Waals surface area (Å²) in [4.78, 5) is 33.0. The summed E-state index contributed by atoms with van der Waals surface area (Å²) >= 11 is 0. The third-order valence-corrected chi connectivity index (χ3v) is 1.44. The molecule has 0 amide bonds. The van der Waals surface area contributed by atoms with Crippen LogP contribution < -0.4 is 0 Å². The summed E-state index contributed by atoms with van der Waals surface area (Å²) in [6, 6.07) is 0. The first-order chi connectivity index (χ1) is 7.31. The largest absolute Gasteiger partial charge is 0.480 e. The van der Waals surface area contributed by atoms with Crippen LogP contribution in [0.3, 0.4) is 0 Å². The molecular formula is C9H15NO6. The van der Waals surface area contributed by atoms with Gasteiger partial charge in [0, 0.05) is 0 Å². The van der Waals surface area contributed by atoms with Gasteiger partial charge in [-0.25, -0.2) is 0 Å². The molecule has 92 valence electrons. The van der Waals surface area contributed by atoms with E-state index in [0.717, 1.165) is 4.90 Å². The second kappa shape index (κ2) is 6.78. The number of carbonyl (C=O) groups excluding carboxylic acids is 1. The molecule has 0 heterocycles. The maximum Gasteiger partial charge on any atom is 0.320 e. The van der Waals surface area contributed by atoms with Crippen LogP contribution in [0.25, 0.3) is 0 Å². The fourth-order valence-corrected chi connectivity index (χ4v) is 1.03. The smallest absolute Gasteiger partial charge is 0.320 e. The van der Waals surface area contributed by atoms with Gasteiger partial charge in [0.15, 0.2) is 0 Å². The molecule has 0 aliphatic carbocycles. The maximum absolute atomic E-state index is 11.2. The van der Waals surface area contributed by atoms with Gasteiger partial charge in [0.1, 0.15) is 0 Å². The maximum atomic E-state index is 11.2. The molecule has 0 aromatic heterocycles. The summed E-state index contributed by atoms with van der Waals surface area (Å²) in [6.07, 6.45) is -0.316. The zero-order valence-electron chi connectivity index (χ0n) is 9.17. The van der Waals surface area contributed by atoms with Crippen LogP contribution in [-0.2, 0) is 19.1 Å². The minimum absolute atomic E-state index is 0.316. The van der Waals surface area contributed by atoms with Gasteiger partial charge in [-0.3, -0.25) is 19.3 Å². The number of carboxylic acids is 2. The van der Waals surface area contributed by atoms with Gasteiger partial charge in [-0.2, -0.15) is 0 Å². The summed E-state index contributed by atoms with van der Waals surface area (Å²) in [5.74, 6) is -3.03. The van der Waals surface area contributed by atoms with Crippen molar-refractivity contribution in [1.29, 1.82) is 0 Å². The summed E-state index contributed by atoms with van der Waals surface area (Å²) in [5.41, 5.74) is 0. The number of esters is 1. The van der Waals surface area contributed by atoms with Crippen molar-refractivity contribution in [3.63, 3.8) is 0 Å². The van der Waals surface area contributed by atoms with E-state index < -0.39 is 31.0 Å². The SMILES string of the molecule is CC(C)OC(=O)CN(CC(=O)O)CC(=O)O. The van der Waals surface area contributed by atoms with E-state index in [1.807, 2.05) is 0 Å². The van der Waals surface area contributed by atoms with Gasteiger partial charge in [-0.05, 0) is 13.8 Å². The molecule has 0 radical (unpaired) electrons. The lowest BCUT2D eigenvalue weighted by Gasteiger charge is -2.17. The lowest BCUT2D eigenvalue weighted by molar-refractivity contribution is -0.150. The number of carboxylic acid groups (broad SMARTS) is 2. The van der Waals surface area contributed by atoms with Crippen molar-refractivity contribution in [2.75, 3.05) is 19.6 Å². The molecule has 0 rings (SSSR count). The summed E-state index contributed by atoms with van der Waals surface area (Å²) in [5, 5.41) is 17.0. The molecule has 16 heavy (non-hydrogen) atoms. The number of carbonyl (C=O) groups is 3. The number of hydrogen-bond acceptors (Lipinski definition) is 5. The fourth-order valence-electron chi connectivity index (χ4n) is 1.03. The van der Waals surface area contributed by atoms with E-state index >= 15 is 0 Å². The zero-order chi connectivity index (χ0) is 12.7. The third kappa shape index (κ3) is 7.74. The van der Waals surface area contributed by atoms with Gasteiger partial charge in [-0.15, -0.1) is 0 Å². The lowest BCUT2D eigenvalue weighted by atomic mass is 10.4. The summed E-state index contributed by atoms with van der Waals surface area (Å²) in [6.45, 7) is 1.92. The molecule has 0 bridgehead atoms. The molecule has 0 saturated heterocycles. The molecule has 0 spiro atoms. The molecule has 2 N–H and O–H groups in total. The van der Waals surface area contributed by atoms with E-state index in [4.69, 9.17) is 14.9 Å². The predicted molar refractivity (Wildman–Crippen MR) is 52.9 cm³/mol. The van der Waals surface area contributed by atoms with Crippen LogP contribution in [0.4, 0.5) is 0 Å². The Morgan fingerprint density at radius 1 is 1.06 bits per heavy atom. The number of aliphatic carboxylic acids is 2. The van der Waals surface area contributed by atoms with Gasteiger partial charge in [-0.1, -0.05) is 0 Å². The Balaban J connectivity index is 4.24. The van der Waals surface area contributed by atoms with E-state index in [-0.39, 0.29) is 12.6 Å². The standard InChI is InChI=1S/C9H15NO6/c1-6(2)16-9(15)5-10(3-7(11)12)4-8(13)14/h6H,3-5H2,1-2H3,(H,11,12)(H,13,14). The highest BCUT2D eigenvalue weighted by Crippen LogP contribution is 1.94. The average molecular weight is 233 g/mol. The van der Waals surface area contributed by atoms with E-state index in [1.165, 1.54) is 0 Å². The molecule has 0 saturated carbocycles. The Morgan fingerprint density at radius 2 is 1.50 bits per heavy atom. The number of nitrogens with zero attached hydrogens (tertiary/aromatic N) is 1. The third-order valence-electron chi connectivity index (χ3n) is 1.44. The Bertz CT molecular complexity index is 259. The Hall–Kier alpha value is -1.63. The van der Waals surface area contributed by atoms with Crippen molar-refractivity contribution >= 4 is 17.9 Å². The molecule has 0 fully saturated rings. The van der Waals surface area contributed by atoms with Gasteiger partial charge < -0.3 is 14.9 Å². The number of hydrogen-bond donors (Lipinski definition) is 2. The molecule has 7 heteroatoms. The molecule has 0 aliphatic rings. The van der Waals surface area contributed by atoms with Gasteiger partial charge >= 0.3 is 17.9 Å². The number of ether oxygens (including phenoxy) is 1. The Morgan fingerprint density at radius 3 is 1.81 bits per heavy atom. The first-order valence-corrected chi connectivity index (χ1v) is 4.66. The molecular weight excluding hydrogens is 218 g/mol. The molecule has 0 aromatic carbocycles. The summed E-state index contributed by atoms with van der Waals surface area (Å²) < 4.78 is 4.78. The predicted octanol–water partition coefficient (Wildman–Crippen LogP) is -0.591. The van der Waals surface area contributed by atoms with Gasteiger partial charge in [0.25, 0.3) is 0 Å². The molecule has 0 unspecified atom stereocenters. The van der Waals surface area contributed by atoms with Crippen molar-refractivity contribution < 1.29 is 29.3 Å². The van der Waals surface area contributed by atoms with Crippen LogP contribution >= 0.6 is 0 Å². The highest BCUT2D eigenvalue weighted by atomic mass is 16.5. The second-order valence-corrected chi connectivity index (χ2v) is 3.47. The summed E-state index contributed by atoms with van der Waals surface area (Å²) in [7, 11) is 0. The van der Waals surface area contributed by atoms with Crippen LogP contribution in [-0.4, -0.2) is 58.8 Å². The van der Waals surface area contributed by atoms with E-state index in [9.17, 15) is 14.4 Å². The second-order valence-electron chi connectivity index (χ2n) is 3.47. The fraction of sp³-hybridized carbons (Fsp3) is 0.667. The molecule has 0 aromatic rings. The van der Waals surface area contributed by atoms with Crippen LogP contribution in [0.15, 0.2) is 0 Å². The Kier molecular flexibility index (Phi) is 6.09. The molecule has 7 nitrogen and oxygen atoms in total. The monoisotopic (exact) mass is 233 g/mol. The van der Waals surface area contributed by atoms with Crippen LogP contribution in [0.2, 0.25) is 0 Å². The highest BCUT2D eigenvalue weighted by molar-refractivity contribution is 5.76. The minimum atomic E-state index is -1.20. The first-order valence-electron chi connectivity index (χ1n) is 4.66. The van der Waals surface area contributed by atoms with Crippen LogP contribution in [0.1, 0.15) is 13.8 Å². The normalized spacial score (nSPS) is 10.5. The highest BCUT2D eigenvalue weighted by Gasteiger charge is 2.18. The first kappa shape index (κ1) is 14.4. The van der Waals surface area contributed by atoms with E-state index in [1.54, 1.807) is 13.8 Å². The quantitative estimate of drug-likeness (QED) is 0.566. The van der Waals surface area contributed by atoms with Crippen molar-refractivity contribution in [3.8, 4) is 0 Å². The van der Waals surface area contributed by atoms with Crippen molar-refractivity contribution in [2.45, 2.75) is 20.0 Å². The Labute approximate surface area is 92.6 Å². The zero-order valence-corrected chi connectivity index (χ0v) is 9.17. The van der Waals surface area contributed by atoms with Gasteiger partial charge in [0.05, 0.1) is 25.7 Å². The van der Waals surface area contributed by atoms with Crippen LogP contribution in [0, 0.1) is 0 Å². The lowest BCUT2D eigenvalue weighted by Crippen LogP contribution is -2.39. The van der Waals surface area contributed by atoms with Crippen molar-refractivity contribution in [2.24, 2.45) is 0 Å². The van der Waals surface area contributed by atoms with E-state index in [2.05, 4.69) is 0 Å². The van der Waals surface area contributed by atoms with Gasteiger partial charge in [0.2, 0.25) is 0 Å². The van der Waals surface area contributed by atoms with E-state index in [0.29, 0.717) is 0 Å². The molecule has 0 atom stereocenters. The minimum Gasteiger partial charge on any atom is -0.480 e.